The summed E-state index contributed by atoms with van der Waals surface area (Å²) in [6.07, 6.45) is 3.53. The number of hydrogen-bond donors (Lipinski definition) is 2. The highest BCUT2D eigenvalue weighted by molar-refractivity contribution is 7.98. The molecule has 0 aliphatic carbocycles. The zero-order chi connectivity index (χ0) is 12.5. The maximum Gasteiger partial charge on any atom is 0.320 e. The molecule has 0 saturated carbocycles. The number of benzene rings is 1. The molecule has 0 aliphatic rings. The zero-order valence-electron chi connectivity index (χ0n) is 10.1. The van der Waals surface area contributed by atoms with Crippen LogP contribution in [0.25, 0.3) is 0 Å². The van der Waals surface area contributed by atoms with E-state index in [0.717, 1.165) is 12.2 Å². The van der Waals surface area contributed by atoms with Gasteiger partial charge in [0.2, 0.25) is 0 Å². The van der Waals surface area contributed by atoms with Gasteiger partial charge in [-0.25, -0.2) is 0 Å². The van der Waals surface area contributed by atoms with Crippen molar-refractivity contribution in [2.24, 2.45) is 0 Å². The SMILES string of the molecule is CSCC[C@H](NCCc1ccccc1)C(=O)O. The van der Waals surface area contributed by atoms with E-state index in [9.17, 15) is 4.79 Å². The fourth-order valence-electron chi connectivity index (χ4n) is 1.58. The smallest absolute Gasteiger partial charge is 0.320 e. The molecule has 0 aliphatic heterocycles. The minimum Gasteiger partial charge on any atom is -0.480 e. The van der Waals surface area contributed by atoms with Crippen molar-refractivity contribution >= 4 is 17.7 Å². The molecule has 0 unspecified atom stereocenters. The quantitative estimate of drug-likeness (QED) is 0.744. The van der Waals surface area contributed by atoms with Gasteiger partial charge < -0.3 is 10.4 Å². The van der Waals surface area contributed by atoms with Gasteiger partial charge in [-0.1, -0.05) is 30.3 Å². The lowest BCUT2D eigenvalue weighted by Gasteiger charge is -2.13. The molecule has 0 heterocycles. The number of hydrogen-bond acceptors (Lipinski definition) is 3. The third-order valence-electron chi connectivity index (χ3n) is 2.56. The van der Waals surface area contributed by atoms with Gasteiger partial charge in [-0.15, -0.1) is 0 Å². The van der Waals surface area contributed by atoms with Gasteiger partial charge in [-0.2, -0.15) is 11.8 Å². The molecule has 0 radical (unpaired) electrons. The molecule has 3 nitrogen and oxygen atoms in total. The first-order valence-corrected chi connectivity index (χ1v) is 7.12. The van der Waals surface area contributed by atoms with Gasteiger partial charge in [-0.3, -0.25) is 4.79 Å². The van der Waals surface area contributed by atoms with Crippen molar-refractivity contribution in [1.29, 1.82) is 0 Å². The van der Waals surface area contributed by atoms with Gasteiger partial charge in [-0.05, 0) is 37.0 Å². The fraction of sp³-hybridized carbons (Fsp3) is 0.462. The van der Waals surface area contributed by atoms with E-state index in [0.29, 0.717) is 13.0 Å². The van der Waals surface area contributed by atoms with Crippen molar-refractivity contribution in [1.82, 2.24) is 5.32 Å². The highest BCUT2D eigenvalue weighted by Gasteiger charge is 2.15. The van der Waals surface area contributed by atoms with Crippen LogP contribution in [-0.4, -0.2) is 35.7 Å². The van der Waals surface area contributed by atoms with Crippen LogP contribution in [0.1, 0.15) is 12.0 Å². The number of carboxylic acids is 1. The molecular formula is C13H19NO2S. The largest absolute Gasteiger partial charge is 0.480 e. The molecule has 0 fully saturated rings. The average Bonchev–Trinajstić information content (AvgIpc) is 2.34. The van der Waals surface area contributed by atoms with E-state index in [-0.39, 0.29) is 0 Å². The molecule has 4 heteroatoms. The summed E-state index contributed by atoms with van der Waals surface area (Å²) in [4.78, 5) is 11.0. The zero-order valence-corrected chi connectivity index (χ0v) is 10.9. The molecule has 2 N–H and O–H groups in total. The first kappa shape index (κ1) is 14.1. The fourth-order valence-corrected chi connectivity index (χ4v) is 2.06. The summed E-state index contributed by atoms with van der Waals surface area (Å²) < 4.78 is 0. The van der Waals surface area contributed by atoms with Gasteiger partial charge >= 0.3 is 5.97 Å². The van der Waals surface area contributed by atoms with Crippen LogP contribution in [-0.2, 0) is 11.2 Å². The summed E-state index contributed by atoms with van der Waals surface area (Å²) in [5, 5.41) is 12.1. The minimum absolute atomic E-state index is 0.425. The molecule has 17 heavy (non-hydrogen) atoms. The lowest BCUT2D eigenvalue weighted by atomic mass is 10.1. The van der Waals surface area contributed by atoms with Crippen LogP contribution < -0.4 is 5.32 Å². The Kier molecular flexibility index (Phi) is 6.74. The Labute approximate surface area is 107 Å². The van der Waals surface area contributed by atoms with Gasteiger partial charge in [0, 0.05) is 0 Å². The van der Waals surface area contributed by atoms with Crippen LogP contribution >= 0.6 is 11.8 Å². The van der Waals surface area contributed by atoms with E-state index in [4.69, 9.17) is 5.11 Å². The maximum absolute atomic E-state index is 11.0. The van der Waals surface area contributed by atoms with E-state index < -0.39 is 12.0 Å². The lowest BCUT2D eigenvalue weighted by molar-refractivity contribution is -0.139. The number of nitrogens with one attached hydrogen (secondary N) is 1. The summed E-state index contributed by atoms with van der Waals surface area (Å²) in [6.45, 7) is 0.704. The van der Waals surface area contributed by atoms with Crippen LogP contribution in [0.5, 0.6) is 0 Å². The molecule has 1 aromatic rings. The second-order valence-corrected chi connectivity index (χ2v) is 4.85. The van der Waals surface area contributed by atoms with Crippen LogP contribution in [0.4, 0.5) is 0 Å². The van der Waals surface area contributed by atoms with E-state index >= 15 is 0 Å². The van der Waals surface area contributed by atoms with E-state index in [1.165, 1.54) is 5.56 Å². The molecular weight excluding hydrogens is 234 g/mol. The Hall–Kier alpha value is -1.00. The number of rotatable bonds is 8. The monoisotopic (exact) mass is 253 g/mol. The molecule has 0 spiro atoms. The number of aliphatic carboxylic acids is 1. The van der Waals surface area contributed by atoms with Crippen molar-refractivity contribution in [3.63, 3.8) is 0 Å². The van der Waals surface area contributed by atoms with Crippen LogP contribution in [0, 0.1) is 0 Å². The second-order valence-electron chi connectivity index (χ2n) is 3.86. The Bertz CT molecular complexity index is 329. The van der Waals surface area contributed by atoms with Crippen molar-refractivity contribution < 1.29 is 9.90 Å². The Morgan fingerprint density at radius 2 is 2.12 bits per heavy atom. The second kappa shape index (κ2) is 8.14. The van der Waals surface area contributed by atoms with Crippen LogP contribution in [0.3, 0.4) is 0 Å². The number of carboxylic acid groups (broad SMARTS) is 1. The predicted molar refractivity (Wildman–Crippen MR) is 72.6 cm³/mol. The van der Waals surface area contributed by atoms with E-state index in [1.807, 2.05) is 24.5 Å². The third-order valence-corrected chi connectivity index (χ3v) is 3.20. The average molecular weight is 253 g/mol. The first-order chi connectivity index (χ1) is 8.24. The van der Waals surface area contributed by atoms with Gasteiger partial charge in [0.25, 0.3) is 0 Å². The minimum atomic E-state index is -0.757. The summed E-state index contributed by atoms with van der Waals surface area (Å²) in [5.74, 6) is 0.113. The molecule has 1 rings (SSSR count). The first-order valence-electron chi connectivity index (χ1n) is 5.73. The highest BCUT2D eigenvalue weighted by Crippen LogP contribution is 2.02. The highest BCUT2D eigenvalue weighted by atomic mass is 32.2. The summed E-state index contributed by atoms with van der Waals surface area (Å²) in [6, 6.07) is 9.66. The normalized spacial score (nSPS) is 12.3. The van der Waals surface area contributed by atoms with Crippen molar-refractivity contribution in [3.8, 4) is 0 Å². The molecule has 0 aromatic heterocycles. The van der Waals surface area contributed by atoms with Crippen molar-refractivity contribution in [2.45, 2.75) is 18.9 Å². The number of carbonyl (C=O) groups is 1. The molecule has 1 atom stereocenters. The van der Waals surface area contributed by atoms with Crippen LogP contribution in [0.15, 0.2) is 30.3 Å². The third kappa shape index (κ3) is 5.75. The number of thioether (sulfide) groups is 1. The topological polar surface area (TPSA) is 49.3 Å². The summed E-state index contributed by atoms with van der Waals surface area (Å²) in [5.41, 5.74) is 1.23. The Morgan fingerprint density at radius 3 is 2.71 bits per heavy atom. The molecule has 94 valence electrons. The molecule has 0 saturated heterocycles. The molecule has 0 bridgehead atoms. The lowest BCUT2D eigenvalue weighted by Crippen LogP contribution is -2.38. The van der Waals surface area contributed by atoms with Crippen molar-refractivity contribution in [3.05, 3.63) is 35.9 Å². The van der Waals surface area contributed by atoms with Crippen molar-refractivity contribution in [2.75, 3.05) is 18.6 Å². The Balaban J connectivity index is 2.29. The summed E-state index contributed by atoms with van der Waals surface area (Å²) >= 11 is 1.67. The van der Waals surface area contributed by atoms with Gasteiger partial charge in [0.15, 0.2) is 0 Å². The van der Waals surface area contributed by atoms with E-state index in [2.05, 4.69) is 17.4 Å². The maximum atomic E-state index is 11.0. The Morgan fingerprint density at radius 1 is 1.41 bits per heavy atom. The van der Waals surface area contributed by atoms with Gasteiger partial charge in [0.1, 0.15) is 6.04 Å². The molecule has 0 amide bonds. The van der Waals surface area contributed by atoms with Crippen LogP contribution in [0.2, 0.25) is 0 Å². The summed E-state index contributed by atoms with van der Waals surface area (Å²) in [7, 11) is 0. The van der Waals surface area contributed by atoms with E-state index in [1.54, 1.807) is 11.8 Å². The van der Waals surface area contributed by atoms with Gasteiger partial charge in [0.05, 0.1) is 0 Å². The molecule has 1 aromatic carbocycles. The predicted octanol–water partition coefficient (Wildman–Crippen LogP) is 2.02. The standard InChI is InChI=1S/C13H19NO2S/c1-17-10-8-12(13(15)16)14-9-7-11-5-3-2-4-6-11/h2-6,12,14H,7-10H2,1H3,(H,15,16)/t12-/m0/s1.